The van der Waals surface area contributed by atoms with Crippen LogP contribution in [0, 0.1) is 0 Å². The Labute approximate surface area is 210 Å². The number of hydrogen-bond acceptors (Lipinski definition) is 10. The monoisotopic (exact) mass is 512 g/mol. The Morgan fingerprint density at radius 1 is 0.861 bits per heavy atom. The van der Waals surface area contributed by atoms with E-state index in [0.29, 0.717) is 22.5 Å². The molecule has 0 spiro atoms. The van der Waals surface area contributed by atoms with Crippen LogP contribution in [0.4, 0.5) is 0 Å². The summed E-state index contributed by atoms with van der Waals surface area (Å²) in [4.78, 5) is 47.9. The highest BCUT2D eigenvalue weighted by Gasteiger charge is 2.47. The van der Waals surface area contributed by atoms with E-state index < -0.39 is 41.7 Å². The maximum Gasteiger partial charge on any atom is 0.303 e. The van der Waals surface area contributed by atoms with E-state index in [1.165, 1.54) is 38.6 Å². The quantitative estimate of drug-likeness (QED) is 0.357. The lowest BCUT2D eigenvalue weighted by molar-refractivity contribution is -0.186. The number of rotatable bonds is 6. The fourth-order valence-electron chi connectivity index (χ4n) is 3.90. The highest BCUT2D eigenvalue weighted by atomic mass is 32.2. The lowest BCUT2D eigenvalue weighted by Crippen LogP contribution is -2.55. The number of benzene rings is 2. The van der Waals surface area contributed by atoms with Gasteiger partial charge in [0.25, 0.3) is 0 Å². The van der Waals surface area contributed by atoms with Crippen LogP contribution in [-0.4, -0.2) is 47.4 Å². The van der Waals surface area contributed by atoms with Crippen LogP contribution >= 0.6 is 11.8 Å². The normalized spacial score (nSPS) is 21.4. The third-order valence-electron chi connectivity index (χ3n) is 5.32. The van der Waals surface area contributed by atoms with Crippen molar-refractivity contribution in [2.45, 2.75) is 44.5 Å². The Kier molecular flexibility index (Phi) is 7.64. The predicted molar refractivity (Wildman–Crippen MR) is 131 cm³/mol. The zero-order valence-electron chi connectivity index (χ0n) is 19.8. The Hall–Kier alpha value is -3.79. The first-order chi connectivity index (χ1) is 17.2. The van der Waals surface area contributed by atoms with Crippen molar-refractivity contribution in [1.29, 1.82) is 0 Å². The Morgan fingerprint density at radius 3 is 2.19 bits per heavy atom. The van der Waals surface area contributed by atoms with Gasteiger partial charge in [-0.15, -0.1) is 11.8 Å². The molecule has 0 saturated carbocycles. The number of carbonyl (C=O) groups excluding carboxylic acids is 3. The van der Waals surface area contributed by atoms with Crippen LogP contribution in [0.25, 0.3) is 22.3 Å². The molecule has 0 unspecified atom stereocenters. The molecule has 1 aliphatic rings. The lowest BCUT2D eigenvalue weighted by Gasteiger charge is -2.39. The van der Waals surface area contributed by atoms with Crippen molar-refractivity contribution in [3.05, 3.63) is 64.8 Å². The molecule has 0 radical (unpaired) electrons. The second kappa shape index (κ2) is 10.9. The summed E-state index contributed by atoms with van der Waals surface area (Å²) in [5, 5.41) is 0.377. The lowest BCUT2D eigenvalue weighted by atomic mass is 10.1. The molecule has 3 aromatic rings. The van der Waals surface area contributed by atoms with Crippen LogP contribution < -0.4 is 10.2 Å². The molecule has 2 heterocycles. The van der Waals surface area contributed by atoms with Gasteiger partial charge in [-0.05, 0) is 12.1 Å². The van der Waals surface area contributed by atoms with Gasteiger partial charge >= 0.3 is 17.9 Å². The van der Waals surface area contributed by atoms with E-state index in [2.05, 4.69) is 0 Å². The van der Waals surface area contributed by atoms with E-state index in [0.717, 1.165) is 5.56 Å². The number of ether oxygens (including phenoxy) is 4. The molecule has 1 aliphatic heterocycles. The highest BCUT2D eigenvalue weighted by Crippen LogP contribution is 2.35. The molecule has 9 nitrogen and oxygen atoms in total. The summed E-state index contributed by atoms with van der Waals surface area (Å²) in [6.45, 7) is 3.67. The summed E-state index contributed by atoms with van der Waals surface area (Å²) in [5.74, 6) is -0.807. The van der Waals surface area contributed by atoms with E-state index in [1.807, 2.05) is 30.3 Å². The minimum Gasteiger partial charge on any atom is -0.476 e. The molecule has 1 saturated heterocycles. The van der Waals surface area contributed by atoms with Crippen molar-refractivity contribution < 1.29 is 37.7 Å². The summed E-state index contributed by atoms with van der Waals surface area (Å²) >= 11 is 1.24. The smallest absolute Gasteiger partial charge is 0.303 e. The third kappa shape index (κ3) is 5.88. The van der Waals surface area contributed by atoms with Gasteiger partial charge in [-0.2, -0.15) is 0 Å². The van der Waals surface area contributed by atoms with Crippen molar-refractivity contribution in [3.63, 3.8) is 0 Å². The Balaban J connectivity index is 1.66. The number of thioether (sulfide) groups is 1. The topological polar surface area (TPSA) is 118 Å². The standard InChI is InChI=1S/C26H24O9S/c1-14(27)31-23-13-36-26(25(33-16(3)29)24(23)32-15(2)28)34-18-9-10-19-20(30)12-21(35-22(19)11-18)17-7-5-4-6-8-17/h4-12,23-26H,13H2,1-3H3/t23-,24+,25-,26-/m1/s1. The van der Waals surface area contributed by atoms with Crippen LogP contribution in [0.1, 0.15) is 20.8 Å². The van der Waals surface area contributed by atoms with E-state index in [-0.39, 0.29) is 11.2 Å². The SMILES string of the molecule is CC(=O)O[C@@H]1[C@@H](OC(C)=O)[C@H](OC(C)=O)CS[C@H]1Oc1ccc2c(=O)cc(-c3ccccc3)oc2c1. The van der Waals surface area contributed by atoms with Crippen molar-refractivity contribution in [1.82, 2.24) is 0 Å². The van der Waals surface area contributed by atoms with Crippen LogP contribution in [-0.2, 0) is 28.6 Å². The maximum atomic E-state index is 12.7. The summed E-state index contributed by atoms with van der Waals surface area (Å²) in [7, 11) is 0. The van der Waals surface area contributed by atoms with Crippen molar-refractivity contribution in [3.8, 4) is 17.1 Å². The van der Waals surface area contributed by atoms with Crippen LogP contribution in [0.15, 0.2) is 63.8 Å². The first kappa shape index (κ1) is 25.3. The van der Waals surface area contributed by atoms with Crippen LogP contribution in [0.2, 0.25) is 0 Å². The zero-order valence-corrected chi connectivity index (χ0v) is 20.6. The van der Waals surface area contributed by atoms with Gasteiger partial charge in [0, 0.05) is 44.2 Å². The van der Waals surface area contributed by atoms with Gasteiger partial charge in [0.15, 0.2) is 29.2 Å². The number of esters is 3. The van der Waals surface area contributed by atoms with Crippen LogP contribution in [0.5, 0.6) is 5.75 Å². The molecule has 1 aromatic heterocycles. The average Bonchev–Trinajstić information content (AvgIpc) is 2.82. The number of fused-ring (bicyclic) bond motifs is 1. The van der Waals surface area contributed by atoms with Gasteiger partial charge < -0.3 is 23.4 Å². The Bertz CT molecular complexity index is 1330. The highest BCUT2D eigenvalue weighted by molar-refractivity contribution is 7.99. The van der Waals surface area contributed by atoms with Crippen LogP contribution in [0.3, 0.4) is 0 Å². The van der Waals surface area contributed by atoms with E-state index in [4.69, 9.17) is 23.4 Å². The second-order valence-electron chi connectivity index (χ2n) is 8.11. The molecule has 1 fully saturated rings. The molecule has 0 aliphatic carbocycles. The summed E-state index contributed by atoms with van der Waals surface area (Å²) < 4.78 is 28.3. The van der Waals surface area contributed by atoms with Gasteiger partial charge in [-0.3, -0.25) is 19.2 Å². The van der Waals surface area contributed by atoms with Gasteiger partial charge in [-0.25, -0.2) is 0 Å². The fraction of sp³-hybridized carbons (Fsp3) is 0.308. The van der Waals surface area contributed by atoms with Crippen molar-refractivity contribution >= 4 is 40.6 Å². The minimum absolute atomic E-state index is 0.203. The first-order valence-electron chi connectivity index (χ1n) is 11.1. The van der Waals surface area contributed by atoms with E-state index in [1.54, 1.807) is 18.2 Å². The molecular formula is C26H24O9S. The van der Waals surface area contributed by atoms with Gasteiger partial charge in [0.1, 0.15) is 17.1 Å². The zero-order chi connectivity index (χ0) is 25.8. The second-order valence-corrected chi connectivity index (χ2v) is 9.25. The predicted octanol–water partition coefficient (Wildman–Crippen LogP) is 3.71. The van der Waals surface area contributed by atoms with Gasteiger partial charge in [0.2, 0.25) is 0 Å². The maximum absolute atomic E-state index is 12.7. The van der Waals surface area contributed by atoms with Gasteiger partial charge in [-0.1, -0.05) is 30.3 Å². The fourth-order valence-corrected chi connectivity index (χ4v) is 5.11. The molecule has 0 bridgehead atoms. The molecule has 4 atom stereocenters. The summed E-state index contributed by atoms with van der Waals surface area (Å²) in [6.07, 6.45) is -2.96. The molecule has 36 heavy (non-hydrogen) atoms. The van der Waals surface area contributed by atoms with Gasteiger partial charge in [0.05, 0.1) is 5.39 Å². The number of hydrogen-bond donors (Lipinski definition) is 0. The Morgan fingerprint density at radius 2 is 1.53 bits per heavy atom. The molecule has 2 aromatic carbocycles. The third-order valence-corrected chi connectivity index (χ3v) is 6.53. The largest absolute Gasteiger partial charge is 0.476 e. The summed E-state index contributed by atoms with van der Waals surface area (Å²) in [5.41, 5.74) is 0.0662. The molecule has 0 N–H and O–H groups in total. The molecule has 4 rings (SSSR count). The molecular weight excluding hydrogens is 488 g/mol. The molecule has 188 valence electrons. The molecule has 10 heteroatoms. The van der Waals surface area contributed by atoms with Crippen molar-refractivity contribution in [2.24, 2.45) is 0 Å². The van der Waals surface area contributed by atoms with E-state index in [9.17, 15) is 19.2 Å². The minimum atomic E-state index is -1.07. The number of carbonyl (C=O) groups is 3. The van der Waals surface area contributed by atoms with Crippen molar-refractivity contribution in [2.75, 3.05) is 5.75 Å². The van der Waals surface area contributed by atoms with E-state index >= 15 is 0 Å². The summed E-state index contributed by atoms with van der Waals surface area (Å²) in [6, 6.07) is 15.4. The molecule has 0 amide bonds. The first-order valence-corrected chi connectivity index (χ1v) is 12.2. The average molecular weight is 513 g/mol.